The summed E-state index contributed by atoms with van der Waals surface area (Å²) >= 11 is 2.73. The molecule has 2 N–H and O–H groups in total. The van der Waals surface area contributed by atoms with E-state index in [-0.39, 0.29) is 36.5 Å². The Morgan fingerprint density at radius 3 is 2.74 bits per heavy atom. The first-order chi connectivity index (χ1) is 10.4. The molecule has 0 bridgehead atoms. The van der Waals surface area contributed by atoms with Gasteiger partial charge in [-0.3, -0.25) is 4.79 Å². The van der Waals surface area contributed by atoms with Gasteiger partial charge < -0.3 is 22.9 Å². The lowest BCUT2D eigenvalue weighted by Crippen LogP contribution is -3.00. The highest BCUT2D eigenvalue weighted by atomic mass is 35.5. The molecule has 0 saturated heterocycles. The lowest BCUT2D eigenvalue weighted by molar-refractivity contribution is -0.685. The molecule has 23 heavy (non-hydrogen) atoms. The van der Waals surface area contributed by atoms with E-state index in [0.29, 0.717) is 4.91 Å². The van der Waals surface area contributed by atoms with E-state index in [9.17, 15) is 9.59 Å². The summed E-state index contributed by atoms with van der Waals surface area (Å²) in [5.41, 5.74) is 8.66. The first-order valence-electron chi connectivity index (χ1n) is 6.78. The number of nitrogens with two attached hydrogens (primary N) is 1. The van der Waals surface area contributed by atoms with Crippen LogP contribution in [0, 0.1) is 13.8 Å². The normalized spacial score (nSPS) is 18.5. The van der Waals surface area contributed by atoms with Crippen molar-refractivity contribution < 1.29 is 31.3 Å². The van der Waals surface area contributed by atoms with Crippen LogP contribution >= 0.6 is 23.1 Å². The van der Waals surface area contributed by atoms with E-state index in [0.717, 1.165) is 17.5 Å². The average molecular weight is 376 g/mol. The van der Waals surface area contributed by atoms with Gasteiger partial charge in [0.05, 0.1) is 11.5 Å². The molecule has 1 atom stereocenters. The second-order valence-electron chi connectivity index (χ2n) is 4.73. The Morgan fingerprint density at radius 1 is 1.48 bits per heavy atom. The molecule has 9 heteroatoms. The van der Waals surface area contributed by atoms with Crippen LogP contribution in [0.2, 0.25) is 0 Å². The van der Waals surface area contributed by atoms with Crippen LogP contribution in [0.3, 0.4) is 0 Å². The summed E-state index contributed by atoms with van der Waals surface area (Å²) in [5, 5.41) is 0.289. The number of aliphatic imine (C=N–C) groups is 1. The highest BCUT2D eigenvalue weighted by Crippen LogP contribution is 2.29. The largest absolute Gasteiger partial charge is 1.00 e. The second-order valence-corrected chi connectivity index (χ2v) is 6.88. The van der Waals surface area contributed by atoms with Crippen molar-refractivity contribution in [2.75, 3.05) is 6.61 Å². The fourth-order valence-electron chi connectivity index (χ4n) is 1.95. The summed E-state index contributed by atoms with van der Waals surface area (Å²) in [6.07, 6.45) is 1.30. The molecule has 1 aromatic rings. The molecule has 2 heterocycles. The Morgan fingerprint density at radius 2 is 2.17 bits per heavy atom. The third-order valence-corrected chi connectivity index (χ3v) is 5.12. The van der Waals surface area contributed by atoms with Crippen molar-refractivity contribution >= 4 is 40.0 Å². The summed E-state index contributed by atoms with van der Waals surface area (Å²) in [6, 6.07) is -0.721. The number of esters is 1. The quantitative estimate of drug-likeness (QED) is 0.369. The van der Waals surface area contributed by atoms with Crippen molar-refractivity contribution in [3.8, 4) is 0 Å². The number of rotatable bonds is 5. The molecule has 0 fully saturated rings. The average Bonchev–Trinajstić information content (AvgIpc) is 2.96. The third-order valence-electron chi connectivity index (χ3n) is 3.22. The number of nitrogens with zero attached hydrogens (tertiary/aromatic N) is 2. The number of aryl methyl sites for hydroxylation is 1. The number of thioether (sulfide) groups is 1. The van der Waals surface area contributed by atoms with E-state index in [1.54, 1.807) is 18.3 Å². The smallest absolute Gasteiger partial charge is 0.331 e. The first kappa shape index (κ1) is 19.7. The number of aromatic nitrogens is 1. The van der Waals surface area contributed by atoms with E-state index in [1.807, 2.05) is 23.9 Å². The molecule has 1 aromatic heterocycles. The van der Waals surface area contributed by atoms with Gasteiger partial charge in [-0.05, 0) is 13.8 Å². The Hall–Kier alpha value is -1.38. The topological polar surface area (TPSA) is 85.6 Å². The minimum Gasteiger partial charge on any atom is -1.00 e. The predicted octanol–water partition coefficient (Wildman–Crippen LogP) is -1.90. The van der Waals surface area contributed by atoms with Gasteiger partial charge in [0.2, 0.25) is 17.8 Å². The zero-order chi connectivity index (χ0) is 16.3. The number of carbonyl (C=O) groups is 2. The maximum atomic E-state index is 12.5. The molecule has 0 spiro atoms. The summed E-state index contributed by atoms with van der Waals surface area (Å²) in [4.78, 5) is 29.9. The molecule has 0 radical (unpaired) electrons. The lowest BCUT2D eigenvalue weighted by atomic mass is 10.1. The van der Waals surface area contributed by atoms with E-state index in [2.05, 4.69) is 4.99 Å². The van der Waals surface area contributed by atoms with Crippen LogP contribution in [0.25, 0.3) is 0 Å². The Kier molecular flexibility index (Phi) is 7.24. The van der Waals surface area contributed by atoms with Crippen molar-refractivity contribution in [1.29, 1.82) is 0 Å². The molecular weight excluding hydrogens is 358 g/mol. The fourth-order valence-corrected chi connectivity index (χ4v) is 3.61. The molecule has 1 aliphatic heterocycles. The van der Waals surface area contributed by atoms with Crippen LogP contribution in [0.5, 0.6) is 0 Å². The van der Waals surface area contributed by atoms with Crippen LogP contribution in [0.15, 0.2) is 21.5 Å². The summed E-state index contributed by atoms with van der Waals surface area (Å²) in [6.45, 7) is 6.19. The minimum absolute atomic E-state index is 0. The van der Waals surface area contributed by atoms with E-state index in [1.165, 1.54) is 11.0 Å². The van der Waals surface area contributed by atoms with Gasteiger partial charge in [0, 0.05) is 17.9 Å². The van der Waals surface area contributed by atoms with E-state index < -0.39 is 12.0 Å². The van der Waals surface area contributed by atoms with Crippen molar-refractivity contribution in [2.45, 2.75) is 33.4 Å². The number of thiazole rings is 1. The van der Waals surface area contributed by atoms with Gasteiger partial charge in [0.25, 0.3) is 0 Å². The lowest BCUT2D eigenvalue weighted by Gasteiger charge is -2.06. The zero-order valence-corrected chi connectivity index (χ0v) is 15.4. The standard InChI is InChI=1S/C14H18N3O3S2.ClH/c1-4-20-12(19)5-11-13(16-14(15)22-11)10(18)6-17-7-21-9(3)8(17)2;/h5,7,13H,4,6H2,1-3H3,(H2,15,16);1H/q+1;/p-1. The van der Waals surface area contributed by atoms with Gasteiger partial charge in [0.15, 0.2) is 10.9 Å². The van der Waals surface area contributed by atoms with Crippen LogP contribution in [-0.2, 0) is 20.9 Å². The molecule has 126 valence electrons. The van der Waals surface area contributed by atoms with Gasteiger partial charge in [-0.25, -0.2) is 9.79 Å². The number of hydrogen-bond donors (Lipinski definition) is 1. The maximum absolute atomic E-state index is 12.5. The van der Waals surface area contributed by atoms with Crippen LogP contribution < -0.4 is 22.7 Å². The minimum atomic E-state index is -0.721. The molecule has 0 saturated carbocycles. The number of Topliss-reactive ketones (excluding diaryl/α,β-unsaturated/α-hetero) is 1. The van der Waals surface area contributed by atoms with Crippen LogP contribution in [0.1, 0.15) is 17.5 Å². The number of ether oxygens (including phenoxy) is 1. The summed E-state index contributed by atoms with van der Waals surface area (Å²) in [5.74, 6) is -0.586. The van der Waals surface area contributed by atoms with Crippen LogP contribution in [-0.4, -0.2) is 29.6 Å². The number of carbonyl (C=O) groups excluding carboxylic acids is 2. The third kappa shape index (κ3) is 4.79. The van der Waals surface area contributed by atoms with Gasteiger partial charge in [0.1, 0.15) is 6.04 Å². The molecular formula is C14H18ClN3O3S2. The van der Waals surface area contributed by atoms with Gasteiger partial charge in [-0.1, -0.05) is 23.1 Å². The Labute approximate surface area is 149 Å². The van der Waals surface area contributed by atoms with Crippen molar-refractivity contribution in [3.05, 3.63) is 27.1 Å². The Bertz CT molecular complexity index is 670. The van der Waals surface area contributed by atoms with Crippen molar-refractivity contribution in [2.24, 2.45) is 10.7 Å². The number of ketones is 1. The molecule has 0 aliphatic carbocycles. The van der Waals surface area contributed by atoms with Crippen molar-refractivity contribution in [3.63, 3.8) is 0 Å². The molecule has 6 nitrogen and oxygen atoms in total. The number of halogens is 1. The maximum Gasteiger partial charge on any atom is 0.331 e. The van der Waals surface area contributed by atoms with Crippen LogP contribution in [0.4, 0.5) is 0 Å². The highest BCUT2D eigenvalue weighted by molar-refractivity contribution is 8.17. The van der Waals surface area contributed by atoms with Gasteiger partial charge in [-0.2, -0.15) is 4.57 Å². The SMILES string of the molecule is CCOC(=O)C=C1SC(N)=NC1C(=O)C[n+]1csc(C)c1C.[Cl-]. The molecule has 0 amide bonds. The molecule has 1 aliphatic rings. The highest BCUT2D eigenvalue weighted by Gasteiger charge is 2.33. The second kappa shape index (κ2) is 8.47. The first-order valence-corrected chi connectivity index (χ1v) is 8.48. The van der Waals surface area contributed by atoms with Gasteiger partial charge in [-0.15, -0.1) is 0 Å². The monoisotopic (exact) mass is 375 g/mol. The van der Waals surface area contributed by atoms with E-state index >= 15 is 0 Å². The number of amidine groups is 1. The van der Waals surface area contributed by atoms with E-state index in [4.69, 9.17) is 10.5 Å². The van der Waals surface area contributed by atoms with Crippen molar-refractivity contribution in [1.82, 2.24) is 0 Å². The van der Waals surface area contributed by atoms with Gasteiger partial charge >= 0.3 is 5.97 Å². The molecule has 0 aromatic carbocycles. The zero-order valence-electron chi connectivity index (χ0n) is 13.0. The molecule has 2 rings (SSSR count). The Balaban J connectivity index is 0.00000264. The predicted molar refractivity (Wildman–Crippen MR) is 86.7 cm³/mol. The fraction of sp³-hybridized carbons (Fsp3) is 0.429. The summed E-state index contributed by atoms with van der Waals surface area (Å²) < 4.78 is 6.76. The number of hydrogen-bond acceptors (Lipinski definition) is 7. The summed E-state index contributed by atoms with van der Waals surface area (Å²) in [7, 11) is 0. The molecule has 1 unspecified atom stereocenters.